The first-order valence-corrected chi connectivity index (χ1v) is 7.45. The summed E-state index contributed by atoms with van der Waals surface area (Å²) in [5, 5.41) is 2.69. The molecular weight excluding hydrogens is 295 g/mol. The molecule has 0 radical (unpaired) electrons. The van der Waals surface area contributed by atoms with E-state index in [0.29, 0.717) is 17.5 Å². The SMILES string of the molecule is Cc1ccc(CN2C(=O)N[C@H](Cc3ccccc3)C2=O)cc1F. The lowest BCUT2D eigenvalue weighted by atomic mass is 10.1. The summed E-state index contributed by atoms with van der Waals surface area (Å²) in [6, 6.07) is 13.2. The zero-order chi connectivity index (χ0) is 16.4. The van der Waals surface area contributed by atoms with E-state index in [1.54, 1.807) is 19.1 Å². The Morgan fingerprint density at radius 3 is 2.52 bits per heavy atom. The molecule has 0 aliphatic carbocycles. The summed E-state index contributed by atoms with van der Waals surface area (Å²) >= 11 is 0. The summed E-state index contributed by atoms with van der Waals surface area (Å²) in [7, 11) is 0. The monoisotopic (exact) mass is 312 g/mol. The van der Waals surface area contributed by atoms with Crippen LogP contribution in [0.5, 0.6) is 0 Å². The van der Waals surface area contributed by atoms with E-state index in [1.165, 1.54) is 6.07 Å². The van der Waals surface area contributed by atoms with Crippen molar-refractivity contribution in [1.29, 1.82) is 0 Å². The van der Waals surface area contributed by atoms with Crippen molar-refractivity contribution in [2.75, 3.05) is 0 Å². The van der Waals surface area contributed by atoms with E-state index in [1.807, 2.05) is 30.3 Å². The third-order valence-electron chi connectivity index (χ3n) is 3.97. The Kier molecular flexibility index (Phi) is 4.10. The number of carbonyl (C=O) groups is 2. The fourth-order valence-electron chi connectivity index (χ4n) is 2.63. The molecule has 1 N–H and O–H groups in total. The number of nitrogens with zero attached hydrogens (tertiary/aromatic N) is 1. The second-order valence-corrected chi connectivity index (χ2v) is 5.70. The van der Waals surface area contributed by atoms with Crippen LogP contribution >= 0.6 is 0 Å². The van der Waals surface area contributed by atoms with Crippen LogP contribution in [0.2, 0.25) is 0 Å². The van der Waals surface area contributed by atoms with Gasteiger partial charge in [0, 0.05) is 6.42 Å². The molecule has 118 valence electrons. The Labute approximate surface area is 133 Å². The third-order valence-corrected chi connectivity index (χ3v) is 3.97. The number of aryl methyl sites for hydroxylation is 1. The molecule has 4 nitrogen and oxygen atoms in total. The minimum absolute atomic E-state index is 0.0765. The minimum Gasteiger partial charge on any atom is -0.325 e. The molecular formula is C18H17FN2O2. The molecule has 1 atom stereocenters. The molecule has 3 rings (SSSR count). The summed E-state index contributed by atoms with van der Waals surface area (Å²) in [6.07, 6.45) is 0.449. The van der Waals surface area contributed by atoms with Crippen molar-refractivity contribution in [1.82, 2.24) is 10.2 Å². The molecule has 2 aromatic rings. The van der Waals surface area contributed by atoms with Crippen LogP contribution in [0, 0.1) is 12.7 Å². The summed E-state index contributed by atoms with van der Waals surface area (Å²) in [6.45, 7) is 1.75. The van der Waals surface area contributed by atoms with E-state index in [2.05, 4.69) is 5.32 Å². The van der Waals surface area contributed by atoms with E-state index in [4.69, 9.17) is 0 Å². The number of benzene rings is 2. The lowest BCUT2D eigenvalue weighted by molar-refractivity contribution is -0.127. The van der Waals surface area contributed by atoms with Gasteiger partial charge in [-0.05, 0) is 29.7 Å². The van der Waals surface area contributed by atoms with Crippen LogP contribution in [0.4, 0.5) is 9.18 Å². The van der Waals surface area contributed by atoms with Crippen molar-refractivity contribution < 1.29 is 14.0 Å². The highest BCUT2D eigenvalue weighted by molar-refractivity contribution is 6.04. The van der Waals surface area contributed by atoms with Crippen LogP contribution in [0.3, 0.4) is 0 Å². The summed E-state index contributed by atoms with van der Waals surface area (Å²) in [4.78, 5) is 25.6. The van der Waals surface area contributed by atoms with Gasteiger partial charge in [0.2, 0.25) is 0 Å². The van der Waals surface area contributed by atoms with Gasteiger partial charge in [-0.3, -0.25) is 9.69 Å². The van der Waals surface area contributed by atoms with Gasteiger partial charge in [-0.15, -0.1) is 0 Å². The Balaban J connectivity index is 1.72. The maximum Gasteiger partial charge on any atom is 0.325 e. The standard InChI is InChI=1S/C18H17FN2O2/c1-12-7-8-14(9-15(12)19)11-21-17(22)16(20-18(21)23)10-13-5-3-2-4-6-13/h2-9,16H,10-11H2,1H3,(H,20,23)/t16-/m1/s1. The van der Waals surface area contributed by atoms with Gasteiger partial charge in [0.1, 0.15) is 11.9 Å². The van der Waals surface area contributed by atoms with Gasteiger partial charge >= 0.3 is 6.03 Å². The molecule has 0 saturated carbocycles. The van der Waals surface area contributed by atoms with Gasteiger partial charge in [-0.2, -0.15) is 0 Å². The highest BCUT2D eigenvalue weighted by atomic mass is 19.1. The van der Waals surface area contributed by atoms with Gasteiger partial charge in [0.15, 0.2) is 0 Å². The second-order valence-electron chi connectivity index (χ2n) is 5.70. The maximum absolute atomic E-state index is 13.6. The van der Waals surface area contributed by atoms with Gasteiger partial charge in [-0.1, -0.05) is 42.5 Å². The Hall–Kier alpha value is -2.69. The first-order chi connectivity index (χ1) is 11.0. The van der Waals surface area contributed by atoms with Crippen LogP contribution in [-0.4, -0.2) is 22.9 Å². The number of urea groups is 1. The van der Waals surface area contributed by atoms with Crippen LogP contribution < -0.4 is 5.32 Å². The molecule has 0 bridgehead atoms. The van der Waals surface area contributed by atoms with Crippen molar-refractivity contribution in [3.8, 4) is 0 Å². The minimum atomic E-state index is -0.569. The van der Waals surface area contributed by atoms with Crippen LogP contribution in [0.15, 0.2) is 48.5 Å². The maximum atomic E-state index is 13.6. The Morgan fingerprint density at radius 2 is 1.83 bits per heavy atom. The van der Waals surface area contributed by atoms with E-state index in [9.17, 15) is 14.0 Å². The summed E-state index contributed by atoms with van der Waals surface area (Å²) in [5.41, 5.74) is 2.11. The predicted octanol–water partition coefficient (Wildman–Crippen LogP) is 2.80. The number of hydrogen-bond donors (Lipinski definition) is 1. The third kappa shape index (κ3) is 3.23. The number of imide groups is 1. The molecule has 3 amide bonds. The molecule has 1 aliphatic heterocycles. The first-order valence-electron chi connectivity index (χ1n) is 7.45. The topological polar surface area (TPSA) is 49.4 Å². The largest absolute Gasteiger partial charge is 0.325 e. The fourth-order valence-corrected chi connectivity index (χ4v) is 2.63. The smallest absolute Gasteiger partial charge is 0.325 e. The Morgan fingerprint density at radius 1 is 1.09 bits per heavy atom. The van der Waals surface area contributed by atoms with E-state index < -0.39 is 12.1 Å². The molecule has 2 aromatic carbocycles. The van der Waals surface area contributed by atoms with E-state index in [0.717, 1.165) is 10.5 Å². The number of halogens is 1. The second kappa shape index (κ2) is 6.20. The number of amides is 3. The van der Waals surface area contributed by atoms with Gasteiger partial charge in [0.05, 0.1) is 6.54 Å². The molecule has 0 unspecified atom stereocenters. The zero-order valence-corrected chi connectivity index (χ0v) is 12.8. The Bertz CT molecular complexity index is 746. The molecule has 1 heterocycles. The highest BCUT2D eigenvalue weighted by Crippen LogP contribution is 2.17. The van der Waals surface area contributed by atoms with Crippen molar-refractivity contribution in [2.45, 2.75) is 25.9 Å². The lowest BCUT2D eigenvalue weighted by Crippen LogP contribution is -2.32. The van der Waals surface area contributed by atoms with E-state index in [-0.39, 0.29) is 18.3 Å². The summed E-state index contributed by atoms with van der Waals surface area (Å²) in [5.74, 6) is -0.616. The van der Waals surface area contributed by atoms with Crippen molar-refractivity contribution in [3.63, 3.8) is 0 Å². The van der Waals surface area contributed by atoms with Crippen molar-refractivity contribution >= 4 is 11.9 Å². The normalized spacial score (nSPS) is 17.5. The van der Waals surface area contributed by atoms with Gasteiger partial charge < -0.3 is 5.32 Å². The number of carbonyl (C=O) groups excluding carboxylic acids is 2. The van der Waals surface area contributed by atoms with Gasteiger partial charge in [-0.25, -0.2) is 9.18 Å². The summed E-state index contributed by atoms with van der Waals surface area (Å²) < 4.78 is 13.6. The van der Waals surface area contributed by atoms with E-state index >= 15 is 0 Å². The highest BCUT2D eigenvalue weighted by Gasteiger charge is 2.37. The molecule has 1 saturated heterocycles. The fraction of sp³-hybridized carbons (Fsp3) is 0.222. The molecule has 1 aliphatic rings. The molecule has 5 heteroatoms. The molecule has 23 heavy (non-hydrogen) atoms. The van der Waals surface area contributed by atoms with Crippen LogP contribution in [0.1, 0.15) is 16.7 Å². The number of hydrogen-bond acceptors (Lipinski definition) is 2. The quantitative estimate of drug-likeness (QED) is 0.883. The lowest BCUT2D eigenvalue weighted by Gasteiger charge is -2.13. The van der Waals surface area contributed by atoms with Crippen molar-refractivity contribution in [3.05, 3.63) is 71.0 Å². The van der Waals surface area contributed by atoms with Crippen LogP contribution in [0.25, 0.3) is 0 Å². The first kappa shape index (κ1) is 15.2. The zero-order valence-electron chi connectivity index (χ0n) is 12.8. The number of nitrogens with one attached hydrogen (secondary N) is 1. The molecule has 0 spiro atoms. The van der Waals surface area contributed by atoms with Gasteiger partial charge in [0.25, 0.3) is 5.91 Å². The predicted molar refractivity (Wildman–Crippen MR) is 84.2 cm³/mol. The molecule has 1 fully saturated rings. The van der Waals surface area contributed by atoms with Crippen LogP contribution in [-0.2, 0) is 17.8 Å². The number of rotatable bonds is 4. The molecule has 0 aromatic heterocycles. The average Bonchev–Trinajstić information content (AvgIpc) is 2.79. The average molecular weight is 312 g/mol. The van der Waals surface area contributed by atoms with Crippen molar-refractivity contribution in [2.24, 2.45) is 0 Å².